The van der Waals surface area contributed by atoms with Crippen LogP contribution in [-0.4, -0.2) is 11.2 Å². The van der Waals surface area contributed by atoms with E-state index >= 15 is 0 Å². The number of hydrogen-bond acceptors (Lipinski definition) is 1. The number of anilines is 1. The maximum absolute atomic E-state index is 5.44. The SMILES string of the molecule is Cc1ccc(NC(=S)NC2CC(C)CC(C)(C)C2)cc1. The van der Waals surface area contributed by atoms with E-state index in [1.165, 1.54) is 24.8 Å². The largest absolute Gasteiger partial charge is 0.360 e. The molecule has 1 aromatic rings. The summed E-state index contributed by atoms with van der Waals surface area (Å²) < 4.78 is 0. The zero-order valence-corrected chi connectivity index (χ0v) is 13.8. The van der Waals surface area contributed by atoms with Gasteiger partial charge in [0, 0.05) is 11.7 Å². The molecule has 1 aliphatic rings. The van der Waals surface area contributed by atoms with Crippen LogP contribution in [-0.2, 0) is 0 Å². The van der Waals surface area contributed by atoms with E-state index in [2.05, 4.69) is 62.6 Å². The summed E-state index contributed by atoms with van der Waals surface area (Å²) in [5.41, 5.74) is 2.72. The number of nitrogens with one attached hydrogen (secondary N) is 2. The smallest absolute Gasteiger partial charge is 0.170 e. The zero-order valence-electron chi connectivity index (χ0n) is 13.0. The molecule has 2 rings (SSSR count). The lowest BCUT2D eigenvalue weighted by atomic mass is 9.71. The van der Waals surface area contributed by atoms with E-state index in [1.54, 1.807) is 0 Å². The van der Waals surface area contributed by atoms with Gasteiger partial charge in [-0.2, -0.15) is 0 Å². The first-order chi connectivity index (χ1) is 9.34. The molecule has 3 heteroatoms. The first kappa shape index (κ1) is 15.3. The molecule has 110 valence electrons. The normalized spacial score (nSPS) is 25.0. The van der Waals surface area contributed by atoms with Crippen LogP contribution >= 0.6 is 12.2 Å². The van der Waals surface area contributed by atoms with Crippen LogP contribution in [0.25, 0.3) is 0 Å². The Morgan fingerprint density at radius 1 is 1.20 bits per heavy atom. The summed E-state index contributed by atoms with van der Waals surface area (Å²) in [6.45, 7) is 9.14. The van der Waals surface area contributed by atoms with Crippen LogP contribution < -0.4 is 10.6 Å². The van der Waals surface area contributed by atoms with Crippen LogP contribution in [0.4, 0.5) is 5.69 Å². The van der Waals surface area contributed by atoms with Gasteiger partial charge in [-0.15, -0.1) is 0 Å². The minimum absolute atomic E-state index is 0.412. The molecule has 0 saturated heterocycles. The molecule has 0 radical (unpaired) electrons. The third-order valence-electron chi connectivity index (χ3n) is 4.03. The van der Waals surface area contributed by atoms with Crippen LogP contribution in [0.5, 0.6) is 0 Å². The maximum Gasteiger partial charge on any atom is 0.170 e. The molecule has 2 unspecified atom stereocenters. The maximum atomic E-state index is 5.44. The molecule has 0 aromatic heterocycles. The summed E-state index contributed by atoms with van der Waals surface area (Å²) in [6.07, 6.45) is 3.70. The van der Waals surface area contributed by atoms with Gasteiger partial charge >= 0.3 is 0 Å². The Labute approximate surface area is 128 Å². The number of aryl methyl sites for hydroxylation is 1. The topological polar surface area (TPSA) is 24.1 Å². The van der Waals surface area contributed by atoms with Crippen molar-refractivity contribution in [1.82, 2.24) is 5.32 Å². The average Bonchev–Trinajstić information content (AvgIpc) is 2.29. The highest BCUT2D eigenvalue weighted by atomic mass is 32.1. The predicted molar refractivity (Wildman–Crippen MR) is 91.1 cm³/mol. The molecule has 1 aliphatic carbocycles. The fraction of sp³-hybridized carbons (Fsp3) is 0.588. The number of rotatable bonds is 2. The van der Waals surface area contributed by atoms with E-state index in [0.717, 1.165) is 16.7 Å². The third kappa shape index (κ3) is 4.48. The van der Waals surface area contributed by atoms with Crippen molar-refractivity contribution >= 4 is 23.0 Å². The monoisotopic (exact) mass is 290 g/mol. The van der Waals surface area contributed by atoms with Gasteiger partial charge in [0.15, 0.2) is 5.11 Å². The second kappa shape index (κ2) is 6.13. The highest BCUT2D eigenvalue weighted by molar-refractivity contribution is 7.80. The van der Waals surface area contributed by atoms with Gasteiger partial charge in [-0.25, -0.2) is 0 Å². The number of thiocarbonyl (C=S) groups is 1. The van der Waals surface area contributed by atoms with E-state index in [-0.39, 0.29) is 0 Å². The van der Waals surface area contributed by atoms with Gasteiger partial charge in [0.2, 0.25) is 0 Å². The van der Waals surface area contributed by atoms with E-state index in [9.17, 15) is 0 Å². The fourth-order valence-electron chi connectivity index (χ4n) is 3.45. The van der Waals surface area contributed by atoms with Crippen molar-refractivity contribution in [2.24, 2.45) is 11.3 Å². The summed E-state index contributed by atoms with van der Waals surface area (Å²) in [5.74, 6) is 0.762. The van der Waals surface area contributed by atoms with Gasteiger partial charge in [-0.3, -0.25) is 0 Å². The molecule has 2 atom stereocenters. The molecular formula is C17H26N2S. The van der Waals surface area contributed by atoms with E-state index in [4.69, 9.17) is 12.2 Å². The van der Waals surface area contributed by atoms with Crippen LogP contribution in [0, 0.1) is 18.3 Å². The van der Waals surface area contributed by atoms with Gasteiger partial charge in [0.05, 0.1) is 0 Å². The molecule has 1 saturated carbocycles. The minimum atomic E-state index is 0.412. The van der Waals surface area contributed by atoms with Gasteiger partial charge in [-0.1, -0.05) is 38.5 Å². The third-order valence-corrected chi connectivity index (χ3v) is 4.25. The number of hydrogen-bond donors (Lipinski definition) is 2. The van der Waals surface area contributed by atoms with E-state index in [0.29, 0.717) is 11.5 Å². The Morgan fingerprint density at radius 3 is 2.45 bits per heavy atom. The first-order valence-electron chi connectivity index (χ1n) is 7.48. The Hall–Kier alpha value is -1.09. The lowest BCUT2D eigenvalue weighted by molar-refractivity contribution is 0.162. The second-order valence-electron chi connectivity index (χ2n) is 7.07. The van der Waals surface area contributed by atoms with Crippen LogP contribution in [0.15, 0.2) is 24.3 Å². The zero-order chi connectivity index (χ0) is 14.8. The van der Waals surface area contributed by atoms with Gasteiger partial charge < -0.3 is 10.6 Å². The van der Waals surface area contributed by atoms with Crippen molar-refractivity contribution in [2.75, 3.05) is 5.32 Å². The summed E-state index contributed by atoms with van der Waals surface area (Å²) in [7, 11) is 0. The molecule has 20 heavy (non-hydrogen) atoms. The minimum Gasteiger partial charge on any atom is -0.360 e. The van der Waals surface area contributed by atoms with Crippen LogP contribution in [0.3, 0.4) is 0 Å². The van der Waals surface area contributed by atoms with Crippen molar-refractivity contribution in [1.29, 1.82) is 0 Å². The Morgan fingerprint density at radius 2 is 1.85 bits per heavy atom. The van der Waals surface area contributed by atoms with Crippen LogP contribution in [0.1, 0.15) is 45.6 Å². The van der Waals surface area contributed by atoms with Crippen molar-refractivity contribution in [3.8, 4) is 0 Å². The molecule has 2 nitrogen and oxygen atoms in total. The highest BCUT2D eigenvalue weighted by Gasteiger charge is 2.32. The van der Waals surface area contributed by atoms with Crippen molar-refractivity contribution < 1.29 is 0 Å². The second-order valence-corrected chi connectivity index (χ2v) is 7.48. The molecule has 0 heterocycles. The molecule has 2 N–H and O–H groups in total. The standard InChI is InChI=1S/C17H26N2S/c1-12-5-7-14(8-6-12)18-16(20)19-15-9-13(2)10-17(3,4)11-15/h5-8,13,15H,9-11H2,1-4H3,(H2,18,19,20). The van der Waals surface area contributed by atoms with E-state index in [1.807, 2.05) is 0 Å². The van der Waals surface area contributed by atoms with Crippen molar-refractivity contribution in [3.63, 3.8) is 0 Å². The number of benzene rings is 1. The molecule has 1 fully saturated rings. The average molecular weight is 290 g/mol. The Bertz CT molecular complexity index is 464. The van der Waals surface area contributed by atoms with Crippen molar-refractivity contribution in [3.05, 3.63) is 29.8 Å². The lowest BCUT2D eigenvalue weighted by Gasteiger charge is -2.39. The van der Waals surface area contributed by atoms with Gasteiger partial charge in [-0.05, 0) is 61.9 Å². The van der Waals surface area contributed by atoms with Gasteiger partial charge in [0.25, 0.3) is 0 Å². The highest BCUT2D eigenvalue weighted by Crippen LogP contribution is 2.38. The lowest BCUT2D eigenvalue weighted by Crippen LogP contribution is -2.44. The molecular weight excluding hydrogens is 264 g/mol. The summed E-state index contributed by atoms with van der Waals surface area (Å²) in [4.78, 5) is 0. The van der Waals surface area contributed by atoms with Crippen LogP contribution in [0.2, 0.25) is 0 Å². The first-order valence-corrected chi connectivity index (χ1v) is 7.89. The summed E-state index contributed by atoms with van der Waals surface area (Å²) >= 11 is 5.44. The summed E-state index contributed by atoms with van der Waals surface area (Å²) in [6, 6.07) is 8.81. The summed E-state index contributed by atoms with van der Waals surface area (Å²) in [5, 5.41) is 7.51. The fourth-order valence-corrected chi connectivity index (χ4v) is 3.73. The molecule has 1 aromatic carbocycles. The Kier molecular flexibility index (Phi) is 4.69. The van der Waals surface area contributed by atoms with E-state index < -0.39 is 0 Å². The quantitative estimate of drug-likeness (QED) is 0.784. The molecule has 0 amide bonds. The molecule has 0 bridgehead atoms. The predicted octanol–water partition coefficient (Wildman–Crippen LogP) is 4.50. The molecule has 0 spiro atoms. The Balaban J connectivity index is 1.89. The van der Waals surface area contributed by atoms with Gasteiger partial charge in [0.1, 0.15) is 0 Å². The van der Waals surface area contributed by atoms with Crippen molar-refractivity contribution in [2.45, 2.75) is 53.0 Å². The molecule has 0 aliphatic heterocycles.